The fourth-order valence-electron chi connectivity index (χ4n) is 2.91. The molecule has 0 saturated carbocycles. The molecule has 0 amide bonds. The molecule has 0 aliphatic rings. The van der Waals surface area contributed by atoms with Crippen molar-refractivity contribution in [3.63, 3.8) is 0 Å². The van der Waals surface area contributed by atoms with E-state index in [9.17, 15) is 0 Å². The zero-order valence-electron chi connectivity index (χ0n) is 17.6. The van der Waals surface area contributed by atoms with Gasteiger partial charge in [0.2, 0.25) is 11.9 Å². The van der Waals surface area contributed by atoms with Crippen LogP contribution in [0, 0.1) is 6.92 Å². The summed E-state index contributed by atoms with van der Waals surface area (Å²) < 4.78 is 21.5. The van der Waals surface area contributed by atoms with E-state index in [1.807, 2.05) is 30.3 Å². The van der Waals surface area contributed by atoms with Gasteiger partial charge in [-0.3, -0.25) is 0 Å². The molecule has 0 aliphatic heterocycles. The molecule has 0 atom stereocenters. The smallest absolute Gasteiger partial charge is 0.232 e. The van der Waals surface area contributed by atoms with Crippen LogP contribution in [0.3, 0.4) is 0 Å². The van der Waals surface area contributed by atoms with Gasteiger partial charge in [0.15, 0.2) is 11.5 Å². The minimum absolute atomic E-state index is 0.395. The Kier molecular flexibility index (Phi) is 6.74. The van der Waals surface area contributed by atoms with Gasteiger partial charge >= 0.3 is 0 Å². The third kappa shape index (κ3) is 4.80. The average molecular weight is 411 g/mol. The van der Waals surface area contributed by atoms with E-state index >= 15 is 0 Å². The van der Waals surface area contributed by atoms with E-state index < -0.39 is 0 Å². The fourth-order valence-corrected chi connectivity index (χ4v) is 2.91. The van der Waals surface area contributed by atoms with Gasteiger partial charge in [-0.05, 0) is 25.1 Å². The maximum absolute atomic E-state index is 5.47. The summed E-state index contributed by atoms with van der Waals surface area (Å²) >= 11 is 0. The predicted molar refractivity (Wildman–Crippen MR) is 114 cm³/mol. The molecule has 0 bridgehead atoms. The lowest BCUT2D eigenvalue weighted by Gasteiger charge is -2.14. The largest absolute Gasteiger partial charge is 0.497 e. The Bertz CT molecular complexity index is 1010. The molecule has 0 fully saturated rings. The molecular formula is C21H25N5O4. The molecule has 1 heterocycles. The van der Waals surface area contributed by atoms with E-state index in [1.165, 1.54) is 0 Å². The predicted octanol–water partition coefficient (Wildman–Crippen LogP) is 3.57. The zero-order valence-corrected chi connectivity index (χ0v) is 17.6. The highest BCUT2D eigenvalue weighted by atomic mass is 16.5. The highest BCUT2D eigenvalue weighted by Gasteiger charge is 2.12. The quantitative estimate of drug-likeness (QED) is 0.547. The van der Waals surface area contributed by atoms with Crippen molar-refractivity contribution in [3.05, 3.63) is 47.8 Å². The van der Waals surface area contributed by atoms with Gasteiger partial charge in [-0.2, -0.15) is 15.0 Å². The Labute approximate surface area is 175 Å². The highest BCUT2D eigenvalue weighted by molar-refractivity contribution is 5.64. The Morgan fingerprint density at radius 2 is 1.57 bits per heavy atom. The van der Waals surface area contributed by atoms with E-state index in [1.54, 1.807) is 41.4 Å². The Hall–Kier alpha value is -3.75. The van der Waals surface area contributed by atoms with E-state index in [0.29, 0.717) is 53.0 Å². The lowest BCUT2D eigenvalue weighted by Crippen LogP contribution is -2.09. The van der Waals surface area contributed by atoms with Crippen LogP contribution in [0.5, 0.6) is 23.0 Å². The summed E-state index contributed by atoms with van der Waals surface area (Å²) in [6.07, 6.45) is 0. The van der Waals surface area contributed by atoms with Crippen LogP contribution >= 0.6 is 0 Å². The molecule has 0 radical (unpaired) electrons. The number of aryl methyl sites for hydroxylation is 1. The highest BCUT2D eigenvalue weighted by Crippen LogP contribution is 2.32. The number of hydrogen-bond acceptors (Lipinski definition) is 9. The van der Waals surface area contributed by atoms with Crippen molar-refractivity contribution in [1.29, 1.82) is 0 Å². The van der Waals surface area contributed by atoms with Crippen LogP contribution in [0.25, 0.3) is 0 Å². The van der Waals surface area contributed by atoms with Gasteiger partial charge in [-0.1, -0.05) is 12.1 Å². The van der Waals surface area contributed by atoms with Gasteiger partial charge in [0.1, 0.15) is 17.3 Å². The molecule has 2 aromatic carbocycles. The molecule has 30 heavy (non-hydrogen) atoms. The lowest BCUT2D eigenvalue weighted by molar-refractivity contribution is 0.352. The zero-order chi connectivity index (χ0) is 21.5. The maximum atomic E-state index is 5.47. The second-order valence-electron chi connectivity index (χ2n) is 6.23. The minimum atomic E-state index is 0.395. The standard InChI is InChI=1S/C21H25N5O4/c1-13-23-20(22-12-14-7-6-8-17(28-3)19(14)30-5)26-21(24-13)25-16-10-9-15(27-2)11-18(16)29-4/h6-11H,12H2,1-5H3,(H2,22,23,24,25,26). The molecule has 9 heteroatoms. The summed E-state index contributed by atoms with van der Waals surface area (Å²) in [6, 6.07) is 11.1. The molecule has 2 N–H and O–H groups in total. The second kappa shape index (κ2) is 9.64. The molecular weight excluding hydrogens is 386 g/mol. The first-order valence-corrected chi connectivity index (χ1v) is 9.23. The molecule has 0 spiro atoms. The van der Waals surface area contributed by atoms with Gasteiger partial charge in [0.05, 0.1) is 34.1 Å². The van der Waals surface area contributed by atoms with Crippen LogP contribution in [-0.4, -0.2) is 43.4 Å². The number of benzene rings is 2. The van der Waals surface area contributed by atoms with Crippen LogP contribution in [0.2, 0.25) is 0 Å². The van der Waals surface area contributed by atoms with Crippen LogP contribution in [-0.2, 0) is 6.54 Å². The maximum Gasteiger partial charge on any atom is 0.232 e. The number of methoxy groups -OCH3 is 4. The van der Waals surface area contributed by atoms with E-state index in [0.717, 1.165) is 5.56 Å². The molecule has 158 valence electrons. The van der Waals surface area contributed by atoms with Crippen molar-refractivity contribution >= 4 is 17.6 Å². The summed E-state index contributed by atoms with van der Waals surface area (Å²) in [7, 11) is 6.41. The van der Waals surface area contributed by atoms with Crippen LogP contribution < -0.4 is 29.6 Å². The summed E-state index contributed by atoms with van der Waals surface area (Å²) in [4.78, 5) is 13.2. The van der Waals surface area contributed by atoms with E-state index in [2.05, 4.69) is 25.6 Å². The number of rotatable bonds is 9. The van der Waals surface area contributed by atoms with Gasteiger partial charge in [-0.15, -0.1) is 0 Å². The van der Waals surface area contributed by atoms with Gasteiger partial charge in [0.25, 0.3) is 0 Å². The summed E-state index contributed by atoms with van der Waals surface area (Å²) in [5.41, 5.74) is 1.63. The Morgan fingerprint density at radius 1 is 0.800 bits per heavy atom. The summed E-state index contributed by atoms with van der Waals surface area (Å²) in [5, 5.41) is 6.38. The van der Waals surface area contributed by atoms with Gasteiger partial charge < -0.3 is 29.6 Å². The number of hydrogen-bond donors (Lipinski definition) is 2. The Morgan fingerprint density at radius 3 is 2.27 bits per heavy atom. The molecule has 1 aromatic heterocycles. The van der Waals surface area contributed by atoms with E-state index in [-0.39, 0.29) is 0 Å². The number of para-hydroxylation sites is 1. The molecule has 0 unspecified atom stereocenters. The van der Waals surface area contributed by atoms with Gasteiger partial charge in [-0.25, -0.2) is 0 Å². The first-order valence-electron chi connectivity index (χ1n) is 9.23. The van der Waals surface area contributed by atoms with Crippen LogP contribution in [0.1, 0.15) is 11.4 Å². The minimum Gasteiger partial charge on any atom is -0.497 e. The third-order valence-corrected chi connectivity index (χ3v) is 4.32. The molecule has 0 aliphatic carbocycles. The third-order valence-electron chi connectivity index (χ3n) is 4.32. The molecule has 0 saturated heterocycles. The van der Waals surface area contributed by atoms with Crippen molar-refractivity contribution < 1.29 is 18.9 Å². The average Bonchev–Trinajstić information content (AvgIpc) is 2.77. The summed E-state index contributed by atoms with van der Waals surface area (Å²) in [5.74, 6) is 4.03. The number of nitrogens with one attached hydrogen (secondary N) is 2. The second-order valence-corrected chi connectivity index (χ2v) is 6.23. The fraction of sp³-hybridized carbons (Fsp3) is 0.286. The van der Waals surface area contributed by atoms with Crippen molar-refractivity contribution in [2.24, 2.45) is 0 Å². The van der Waals surface area contributed by atoms with E-state index in [4.69, 9.17) is 18.9 Å². The Balaban J connectivity index is 1.80. The topological polar surface area (TPSA) is 99.7 Å². The van der Waals surface area contributed by atoms with Crippen molar-refractivity contribution in [2.45, 2.75) is 13.5 Å². The number of nitrogens with zero attached hydrogens (tertiary/aromatic N) is 3. The number of ether oxygens (including phenoxy) is 4. The molecule has 9 nitrogen and oxygen atoms in total. The monoisotopic (exact) mass is 411 g/mol. The summed E-state index contributed by atoms with van der Waals surface area (Å²) in [6.45, 7) is 2.25. The van der Waals surface area contributed by atoms with Crippen molar-refractivity contribution in [2.75, 3.05) is 39.1 Å². The van der Waals surface area contributed by atoms with Crippen LogP contribution in [0.4, 0.5) is 17.6 Å². The number of anilines is 3. The van der Waals surface area contributed by atoms with Crippen molar-refractivity contribution in [3.8, 4) is 23.0 Å². The molecule has 3 aromatic rings. The normalized spacial score (nSPS) is 10.3. The van der Waals surface area contributed by atoms with Crippen LogP contribution in [0.15, 0.2) is 36.4 Å². The first kappa shape index (κ1) is 21.0. The van der Waals surface area contributed by atoms with Crippen molar-refractivity contribution in [1.82, 2.24) is 15.0 Å². The first-order chi connectivity index (χ1) is 14.6. The number of aromatic nitrogens is 3. The molecule has 3 rings (SSSR count). The SMILES string of the molecule is COc1ccc(Nc2nc(C)nc(NCc3cccc(OC)c3OC)n2)c(OC)c1. The van der Waals surface area contributed by atoms with Gasteiger partial charge in [0, 0.05) is 18.2 Å². The lowest BCUT2D eigenvalue weighted by atomic mass is 10.2.